The molecule has 5 heteroatoms. The quantitative estimate of drug-likeness (QED) is 0.857. The Morgan fingerprint density at radius 1 is 1.04 bits per heavy atom. The highest BCUT2D eigenvalue weighted by Crippen LogP contribution is 2.32. The van der Waals surface area contributed by atoms with Crippen LogP contribution >= 0.6 is 0 Å². The number of carboxylic acid groups (broad SMARTS) is 1. The van der Waals surface area contributed by atoms with Crippen LogP contribution in [0.25, 0.3) is 0 Å². The summed E-state index contributed by atoms with van der Waals surface area (Å²) in [6.45, 7) is 6.04. The number of carbonyl (C=O) groups is 1. The molecule has 5 nitrogen and oxygen atoms in total. The minimum absolute atomic E-state index is 0.197. The van der Waals surface area contributed by atoms with Crippen molar-refractivity contribution in [3.8, 4) is 5.75 Å². The fourth-order valence-electron chi connectivity index (χ4n) is 5.23. The van der Waals surface area contributed by atoms with Crippen molar-refractivity contribution >= 4 is 5.97 Å². The molecule has 4 rings (SSSR count). The van der Waals surface area contributed by atoms with Crippen LogP contribution < -0.4 is 4.74 Å². The van der Waals surface area contributed by atoms with Gasteiger partial charge in [0.2, 0.25) is 0 Å². The molecule has 1 aromatic rings. The summed E-state index contributed by atoms with van der Waals surface area (Å²) in [4.78, 5) is 16.5. The number of carboxylic acids is 1. The number of hydrogen-bond donors (Lipinski definition) is 1. The molecule has 0 amide bonds. The zero-order chi connectivity index (χ0) is 18.6. The summed E-state index contributed by atoms with van der Waals surface area (Å²) in [5.74, 6) is 0.613. The summed E-state index contributed by atoms with van der Waals surface area (Å²) < 4.78 is 6.07. The summed E-state index contributed by atoms with van der Waals surface area (Å²) in [5, 5.41) is 9.12. The van der Waals surface area contributed by atoms with Crippen LogP contribution in [0, 0.1) is 5.92 Å². The predicted molar refractivity (Wildman–Crippen MR) is 105 cm³/mol. The van der Waals surface area contributed by atoms with Gasteiger partial charge >= 0.3 is 5.97 Å². The van der Waals surface area contributed by atoms with E-state index in [1.165, 1.54) is 51.7 Å². The Balaban J connectivity index is 1.26. The minimum atomic E-state index is -0.903. The lowest BCUT2D eigenvalue weighted by Crippen LogP contribution is -2.52. The van der Waals surface area contributed by atoms with Crippen LogP contribution in [-0.2, 0) is 0 Å². The van der Waals surface area contributed by atoms with Crippen molar-refractivity contribution in [1.29, 1.82) is 0 Å². The van der Waals surface area contributed by atoms with Crippen LogP contribution in [0.4, 0.5) is 0 Å². The molecule has 1 aromatic carbocycles. The lowest BCUT2D eigenvalue weighted by molar-refractivity contribution is 0.0262. The SMILES string of the molecule is O=C(O)c1cccc(OC2CCN(C[C@@H]3CCCN4CCCC[C@H]34)CC2)c1. The number of nitrogens with zero attached hydrogens (tertiary/aromatic N) is 2. The van der Waals surface area contributed by atoms with Crippen molar-refractivity contribution in [2.24, 2.45) is 5.92 Å². The van der Waals surface area contributed by atoms with Gasteiger partial charge in [0.25, 0.3) is 0 Å². The Morgan fingerprint density at radius 3 is 2.67 bits per heavy atom. The summed E-state index contributed by atoms with van der Waals surface area (Å²) in [6.07, 6.45) is 9.18. The molecule has 3 aliphatic heterocycles. The van der Waals surface area contributed by atoms with E-state index in [-0.39, 0.29) is 6.10 Å². The first-order chi connectivity index (χ1) is 13.2. The molecule has 27 heavy (non-hydrogen) atoms. The number of aromatic carboxylic acids is 1. The maximum absolute atomic E-state index is 11.1. The van der Waals surface area contributed by atoms with Gasteiger partial charge in [0.05, 0.1) is 5.56 Å². The minimum Gasteiger partial charge on any atom is -0.490 e. The molecular weight excluding hydrogens is 340 g/mol. The second-order valence-corrected chi connectivity index (χ2v) is 8.45. The maximum Gasteiger partial charge on any atom is 0.335 e. The molecule has 3 fully saturated rings. The van der Waals surface area contributed by atoms with Crippen molar-refractivity contribution in [3.63, 3.8) is 0 Å². The first kappa shape index (κ1) is 18.8. The second kappa shape index (κ2) is 8.61. The Bertz CT molecular complexity index is 640. The lowest BCUT2D eigenvalue weighted by Gasteiger charge is -2.46. The Morgan fingerprint density at radius 2 is 1.85 bits per heavy atom. The monoisotopic (exact) mass is 372 g/mol. The first-order valence-corrected chi connectivity index (χ1v) is 10.7. The maximum atomic E-state index is 11.1. The highest BCUT2D eigenvalue weighted by atomic mass is 16.5. The lowest BCUT2D eigenvalue weighted by atomic mass is 9.83. The summed E-state index contributed by atoms with van der Waals surface area (Å²) >= 11 is 0. The molecule has 0 saturated carbocycles. The number of ether oxygens (including phenoxy) is 1. The molecular formula is C22H32N2O3. The molecule has 3 saturated heterocycles. The Kier molecular flexibility index (Phi) is 5.98. The van der Waals surface area contributed by atoms with Gasteiger partial charge in [-0.2, -0.15) is 0 Å². The molecule has 0 bridgehead atoms. The molecule has 0 aliphatic carbocycles. The van der Waals surface area contributed by atoms with Gasteiger partial charge in [0, 0.05) is 25.7 Å². The second-order valence-electron chi connectivity index (χ2n) is 8.45. The van der Waals surface area contributed by atoms with Gasteiger partial charge in [0.15, 0.2) is 0 Å². The van der Waals surface area contributed by atoms with E-state index in [1.807, 2.05) is 6.07 Å². The van der Waals surface area contributed by atoms with Gasteiger partial charge in [-0.3, -0.25) is 0 Å². The predicted octanol–water partition coefficient (Wildman–Crippen LogP) is 3.49. The van der Waals surface area contributed by atoms with Crippen LogP contribution in [0.15, 0.2) is 24.3 Å². The number of rotatable bonds is 5. The first-order valence-electron chi connectivity index (χ1n) is 10.7. The van der Waals surface area contributed by atoms with Gasteiger partial charge in [-0.05, 0) is 75.7 Å². The normalized spacial score (nSPS) is 27.9. The van der Waals surface area contributed by atoms with E-state index in [9.17, 15) is 4.79 Å². The van der Waals surface area contributed by atoms with Crippen LogP contribution in [-0.4, -0.2) is 65.7 Å². The summed E-state index contributed by atoms with van der Waals surface area (Å²) in [5.41, 5.74) is 0.291. The van der Waals surface area contributed by atoms with Crippen molar-refractivity contribution in [2.75, 3.05) is 32.7 Å². The smallest absolute Gasteiger partial charge is 0.335 e. The van der Waals surface area contributed by atoms with Gasteiger partial charge in [0.1, 0.15) is 11.9 Å². The fraction of sp³-hybridized carbons (Fsp3) is 0.682. The molecule has 1 N–H and O–H groups in total. The average molecular weight is 373 g/mol. The number of benzene rings is 1. The van der Waals surface area contributed by atoms with Crippen molar-refractivity contribution in [2.45, 2.75) is 57.1 Å². The number of piperidine rings is 3. The highest BCUT2D eigenvalue weighted by Gasteiger charge is 2.34. The zero-order valence-corrected chi connectivity index (χ0v) is 16.2. The fourth-order valence-corrected chi connectivity index (χ4v) is 5.23. The van der Waals surface area contributed by atoms with Gasteiger partial charge in [-0.25, -0.2) is 4.79 Å². The highest BCUT2D eigenvalue weighted by molar-refractivity contribution is 5.87. The third kappa shape index (κ3) is 4.64. The molecule has 3 aliphatic rings. The summed E-state index contributed by atoms with van der Waals surface area (Å²) in [7, 11) is 0. The third-order valence-corrected chi connectivity index (χ3v) is 6.64. The zero-order valence-electron chi connectivity index (χ0n) is 16.2. The Labute approximate surface area is 162 Å². The van der Waals surface area contributed by atoms with Crippen LogP contribution in [0.1, 0.15) is 55.3 Å². The molecule has 0 radical (unpaired) electrons. The van der Waals surface area contributed by atoms with Crippen LogP contribution in [0.2, 0.25) is 0 Å². The van der Waals surface area contributed by atoms with Crippen molar-refractivity contribution in [1.82, 2.24) is 9.80 Å². The van der Waals surface area contributed by atoms with E-state index in [2.05, 4.69) is 9.80 Å². The van der Waals surface area contributed by atoms with E-state index in [0.29, 0.717) is 11.3 Å². The molecule has 2 atom stereocenters. The molecule has 0 unspecified atom stereocenters. The molecule has 148 valence electrons. The van der Waals surface area contributed by atoms with Gasteiger partial charge in [-0.1, -0.05) is 12.5 Å². The average Bonchev–Trinajstić information content (AvgIpc) is 2.70. The molecule has 3 heterocycles. The number of fused-ring (bicyclic) bond motifs is 1. The standard InChI is InChI=1S/C22H32N2O3/c25-22(26)17-5-3-7-20(15-17)27-19-9-13-23(14-10-19)16-18-6-4-12-24-11-2-1-8-21(18)24/h3,5,7,15,18-19,21H,1-2,4,6,8-14,16H2,(H,25,26)/t18-,21+/m0/s1. The van der Waals surface area contributed by atoms with E-state index < -0.39 is 5.97 Å². The van der Waals surface area contributed by atoms with Gasteiger partial charge < -0.3 is 19.6 Å². The topological polar surface area (TPSA) is 53.0 Å². The van der Waals surface area contributed by atoms with E-state index in [1.54, 1.807) is 18.2 Å². The van der Waals surface area contributed by atoms with E-state index in [0.717, 1.165) is 37.9 Å². The van der Waals surface area contributed by atoms with Gasteiger partial charge in [-0.15, -0.1) is 0 Å². The van der Waals surface area contributed by atoms with Crippen LogP contribution in [0.5, 0.6) is 5.75 Å². The van der Waals surface area contributed by atoms with Crippen LogP contribution in [0.3, 0.4) is 0 Å². The Hall–Kier alpha value is -1.59. The van der Waals surface area contributed by atoms with Crippen molar-refractivity contribution in [3.05, 3.63) is 29.8 Å². The van der Waals surface area contributed by atoms with E-state index >= 15 is 0 Å². The van der Waals surface area contributed by atoms with E-state index in [4.69, 9.17) is 9.84 Å². The number of hydrogen-bond acceptors (Lipinski definition) is 4. The third-order valence-electron chi connectivity index (χ3n) is 6.64. The molecule has 0 aromatic heterocycles. The van der Waals surface area contributed by atoms with Crippen molar-refractivity contribution < 1.29 is 14.6 Å². The number of likely N-dealkylation sites (tertiary alicyclic amines) is 1. The summed E-state index contributed by atoms with van der Waals surface area (Å²) in [6, 6.07) is 7.68. The largest absolute Gasteiger partial charge is 0.490 e. The molecule has 0 spiro atoms.